The van der Waals surface area contributed by atoms with Gasteiger partial charge in [-0.2, -0.15) is 0 Å². The van der Waals surface area contributed by atoms with Gasteiger partial charge in [-0.05, 0) is 32.1 Å². The van der Waals surface area contributed by atoms with Crippen molar-refractivity contribution in [3.05, 3.63) is 32.6 Å². The molecule has 0 aliphatic heterocycles. The zero-order valence-corrected chi connectivity index (χ0v) is 7.64. The lowest BCUT2D eigenvalue weighted by molar-refractivity contribution is 1.11. The number of rotatable bonds is 0. The molecule has 0 atom stereocenters. The van der Waals surface area contributed by atoms with Crippen molar-refractivity contribution in [3.63, 3.8) is 0 Å². The highest BCUT2D eigenvalue weighted by Crippen LogP contribution is 1.74. The van der Waals surface area contributed by atoms with Crippen LogP contribution in [0, 0.1) is 6.92 Å². The second kappa shape index (κ2) is 3.39. The molecule has 1 rings (SSSR count). The first-order chi connectivity index (χ1) is 5.69. The third-order valence-electron chi connectivity index (χ3n) is 1.89. The van der Waals surface area contributed by atoms with Gasteiger partial charge in [0.25, 0.3) is 5.56 Å². The first-order valence-electron chi connectivity index (χ1n) is 4.01. The molecule has 0 aromatic carbocycles. The van der Waals surface area contributed by atoms with E-state index in [0.717, 1.165) is 16.1 Å². The standard InChI is InChI=1S/C10H13NO/c1-4-8-6-7(3)10(12)11-9(8)5-2/h4-6H,1-3H3,(H,11,12)/b8-4-,9-5+. The molecule has 0 aliphatic carbocycles. The predicted molar refractivity (Wildman–Crippen MR) is 51.3 cm³/mol. The maximum Gasteiger partial charge on any atom is 0.251 e. The molecule has 0 unspecified atom stereocenters. The molecule has 1 aromatic heterocycles. The maximum absolute atomic E-state index is 11.2. The molecule has 12 heavy (non-hydrogen) atoms. The molecule has 1 N–H and O–H groups in total. The smallest absolute Gasteiger partial charge is 0.251 e. The molecule has 0 aliphatic rings. The zero-order valence-electron chi connectivity index (χ0n) is 7.64. The van der Waals surface area contributed by atoms with Gasteiger partial charge in [0.1, 0.15) is 0 Å². The second-order valence-corrected chi connectivity index (χ2v) is 2.73. The molecule has 0 saturated heterocycles. The van der Waals surface area contributed by atoms with E-state index < -0.39 is 0 Å². The number of hydrogen-bond acceptors (Lipinski definition) is 1. The van der Waals surface area contributed by atoms with Crippen LogP contribution in [0.3, 0.4) is 0 Å². The SMILES string of the molecule is C/C=c1/cc(C)c(=O)[nH]/c1=C/C. The Morgan fingerprint density at radius 2 is 2.00 bits per heavy atom. The van der Waals surface area contributed by atoms with Crippen LogP contribution in [0.25, 0.3) is 12.2 Å². The Morgan fingerprint density at radius 1 is 1.33 bits per heavy atom. The van der Waals surface area contributed by atoms with Crippen LogP contribution >= 0.6 is 0 Å². The summed E-state index contributed by atoms with van der Waals surface area (Å²) < 4.78 is 0. The van der Waals surface area contributed by atoms with Gasteiger partial charge in [0.2, 0.25) is 0 Å². The first-order valence-corrected chi connectivity index (χ1v) is 4.01. The van der Waals surface area contributed by atoms with Gasteiger partial charge in [-0.25, -0.2) is 0 Å². The van der Waals surface area contributed by atoms with Gasteiger partial charge in [0.05, 0.1) is 0 Å². The van der Waals surface area contributed by atoms with Crippen molar-refractivity contribution in [2.24, 2.45) is 0 Å². The molecule has 0 fully saturated rings. The Bertz CT molecular complexity index is 440. The lowest BCUT2D eigenvalue weighted by atomic mass is 10.2. The normalized spacial score (nSPS) is 13.9. The third-order valence-corrected chi connectivity index (χ3v) is 1.89. The topological polar surface area (TPSA) is 32.9 Å². The summed E-state index contributed by atoms with van der Waals surface area (Å²) in [6.07, 6.45) is 3.88. The molecule has 64 valence electrons. The van der Waals surface area contributed by atoms with Crippen LogP contribution in [0.4, 0.5) is 0 Å². The zero-order chi connectivity index (χ0) is 9.14. The van der Waals surface area contributed by atoms with E-state index in [4.69, 9.17) is 0 Å². The van der Waals surface area contributed by atoms with Crippen LogP contribution < -0.4 is 16.1 Å². The third kappa shape index (κ3) is 1.47. The van der Waals surface area contributed by atoms with E-state index in [1.54, 1.807) is 0 Å². The van der Waals surface area contributed by atoms with E-state index in [-0.39, 0.29) is 5.56 Å². The van der Waals surface area contributed by atoms with Crippen LogP contribution in [0.2, 0.25) is 0 Å². The Morgan fingerprint density at radius 3 is 2.50 bits per heavy atom. The van der Waals surface area contributed by atoms with E-state index in [0.29, 0.717) is 0 Å². The van der Waals surface area contributed by atoms with Crippen LogP contribution in [0.5, 0.6) is 0 Å². The summed E-state index contributed by atoms with van der Waals surface area (Å²) in [6.45, 7) is 5.68. The van der Waals surface area contributed by atoms with Gasteiger partial charge in [-0.1, -0.05) is 12.2 Å². The summed E-state index contributed by atoms with van der Waals surface area (Å²) in [5.74, 6) is 0. The molecule has 2 nitrogen and oxygen atoms in total. The van der Waals surface area contributed by atoms with Crippen LogP contribution in [0.15, 0.2) is 10.9 Å². The molecule has 0 amide bonds. The average Bonchev–Trinajstić information content (AvgIpc) is 2.09. The summed E-state index contributed by atoms with van der Waals surface area (Å²) in [7, 11) is 0. The minimum Gasteiger partial charge on any atom is -0.322 e. The monoisotopic (exact) mass is 163 g/mol. The molecule has 0 saturated carbocycles. The number of nitrogens with one attached hydrogen (secondary N) is 1. The van der Waals surface area contributed by atoms with E-state index >= 15 is 0 Å². The fourth-order valence-electron chi connectivity index (χ4n) is 1.15. The van der Waals surface area contributed by atoms with Gasteiger partial charge >= 0.3 is 0 Å². The number of pyridine rings is 1. The molecule has 1 aromatic rings. The van der Waals surface area contributed by atoms with Crippen LogP contribution in [-0.4, -0.2) is 4.98 Å². The summed E-state index contributed by atoms with van der Waals surface area (Å²) in [5.41, 5.74) is 0.752. The molecule has 2 heteroatoms. The Kier molecular flexibility index (Phi) is 2.48. The van der Waals surface area contributed by atoms with E-state index in [9.17, 15) is 4.79 Å². The highest BCUT2D eigenvalue weighted by molar-refractivity contribution is 5.27. The molecular formula is C10H13NO. The van der Waals surface area contributed by atoms with Gasteiger partial charge < -0.3 is 4.98 Å². The number of aryl methyl sites for hydroxylation is 1. The van der Waals surface area contributed by atoms with Gasteiger partial charge in [0.15, 0.2) is 0 Å². The minimum atomic E-state index is -0.00583. The average molecular weight is 163 g/mol. The predicted octanol–water partition coefficient (Wildman–Crippen LogP) is 0.284. The van der Waals surface area contributed by atoms with E-state index in [1.165, 1.54) is 0 Å². The highest BCUT2D eigenvalue weighted by atomic mass is 16.1. The van der Waals surface area contributed by atoms with Crippen molar-refractivity contribution < 1.29 is 0 Å². The minimum absolute atomic E-state index is 0.00583. The van der Waals surface area contributed by atoms with Crippen molar-refractivity contribution in [2.75, 3.05) is 0 Å². The largest absolute Gasteiger partial charge is 0.322 e. The van der Waals surface area contributed by atoms with E-state index in [1.807, 2.05) is 39.0 Å². The number of H-pyrrole nitrogens is 1. The molecule has 1 heterocycles. The van der Waals surface area contributed by atoms with Crippen LogP contribution in [0.1, 0.15) is 19.4 Å². The number of hydrogen-bond donors (Lipinski definition) is 1. The highest BCUT2D eigenvalue weighted by Gasteiger charge is 1.91. The maximum atomic E-state index is 11.2. The Labute approximate surface area is 71.3 Å². The molecule has 0 bridgehead atoms. The summed E-state index contributed by atoms with van der Waals surface area (Å²) >= 11 is 0. The van der Waals surface area contributed by atoms with Gasteiger partial charge in [-0.15, -0.1) is 0 Å². The lowest BCUT2D eigenvalue weighted by Crippen LogP contribution is -2.34. The Balaban J connectivity index is 3.76. The van der Waals surface area contributed by atoms with Crippen molar-refractivity contribution in [2.45, 2.75) is 20.8 Å². The van der Waals surface area contributed by atoms with Crippen LogP contribution in [-0.2, 0) is 0 Å². The van der Waals surface area contributed by atoms with Crippen molar-refractivity contribution in [3.8, 4) is 0 Å². The quantitative estimate of drug-likeness (QED) is 0.585. The summed E-state index contributed by atoms with van der Waals surface area (Å²) in [4.78, 5) is 14.0. The lowest BCUT2D eigenvalue weighted by Gasteiger charge is -1.92. The molecule has 0 spiro atoms. The fourth-order valence-corrected chi connectivity index (χ4v) is 1.15. The summed E-state index contributed by atoms with van der Waals surface area (Å²) in [6, 6.07) is 1.90. The molecular weight excluding hydrogens is 150 g/mol. The first kappa shape index (κ1) is 8.78. The Hall–Kier alpha value is -1.31. The summed E-state index contributed by atoms with van der Waals surface area (Å²) in [5, 5.41) is 1.97. The van der Waals surface area contributed by atoms with Crippen molar-refractivity contribution >= 4 is 12.2 Å². The van der Waals surface area contributed by atoms with Crippen molar-refractivity contribution in [1.82, 2.24) is 4.98 Å². The molecule has 0 radical (unpaired) electrons. The van der Waals surface area contributed by atoms with Gasteiger partial charge in [0, 0.05) is 10.9 Å². The second-order valence-electron chi connectivity index (χ2n) is 2.73. The van der Waals surface area contributed by atoms with Crippen molar-refractivity contribution in [1.29, 1.82) is 0 Å². The number of aromatic nitrogens is 1. The van der Waals surface area contributed by atoms with E-state index in [2.05, 4.69) is 4.98 Å². The fraction of sp³-hybridized carbons (Fsp3) is 0.300. The number of aromatic amines is 1. The van der Waals surface area contributed by atoms with Gasteiger partial charge in [-0.3, -0.25) is 4.79 Å².